The molecular weight excluding hydrogens is 170 g/mol. The Morgan fingerprint density at radius 3 is 2.75 bits per heavy atom. The van der Waals surface area contributed by atoms with Gasteiger partial charge < -0.3 is 4.98 Å². The van der Waals surface area contributed by atoms with Crippen molar-refractivity contribution in [1.82, 2.24) is 4.98 Å². The molecule has 0 radical (unpaired) electrons. The summed E-state index contributed by atoms with van der Waals surface area (Å²) in [4.78, 5) is 12.8. The molecule has 0 spiro atoms. The second-order valence-electron chi connectivity index (χ2n) is 1.36. The van der Waals surface area contributed by atoms with Crippen LogP contribution in [0.25, 0.3) is 0 Å². The number of hydrogen-bond acceptors (Lipinski definition) is 1. The van der Waals surface area contributed by atoms with Crippen LogP contribution in [0.15, 0.2) is 16.7 Å². The fourth-order valence-electron chi connectivity index (χ4n) is 0.454. The molecule has 0 amide bonds. The van der Waals surface area contributed by atoms with Gasteiger partial charge in [-0.05, 0) is 22.0 Å². The first-order chi connectivity index (χ1) is 3.84. The maximum absolute atomic E-state index is 10.0. The molecule has 1 rings (SSSR count). The lowest BCUT2D eigenvalue weighted by atomic mass is 10.5. The largest absolute Gasteiger partial charge is 0.358 e. The zero-order chi connectivity index (χ0) is 5.98. The number of hydrogen-bond donors (Lipinski definition) is 1. The standard InChI is InChI=1S/C5H4BrNO/c6-4-1-2-7-5(4)3-8/h1-3,7H. The highest BCUT2D eigenvalue weighted by atomic mass is 79.9. The number of rotatable bonds is 1. The summed E-state index contributed by atoms with van der Waals surface area (Å²) in [6.45, 7) is 0. The van der Waals surface area contributed by atoms with Crippen LogP contribution in [0.4, 0.5) is 0 Å². The molecule has 0 aliphatic carbocycles. The molecule has 0 saturated heterocycles. The van der Waals surface area contributed by atoms with E-state index < -0.39 is 0 Å². The molecule has 0 bridgehead atoms. The Kier molecular flexibility index (Phi) is 1.48. The topological polar surface area (TPSA) is 32.9 Å². The van der Waals surface area contributed by atoms with Crippen LogP contribution >= 0.6 is 15.9 Å². The second-order valence-corrected chi connectivity index (χ2v) is 2.21. The minimum atomic E-state index is 0.588. The Labute approximate surface area is 55.0 Å². The third-order valence-electron chi connectivity index (χ3n) is 0.844. The quantitative estimate of drug-likeness (QED) is 0.644. The van der Waals surface area contributed by atoms with Gasteiger partial charge in [0.2, 0.25) is 0 Å². The maximum atomic E-state index is 10.0. The van der Waals surface area contributed by atoms with Gasteiger partial charge in [0.15, 0.2) is 6.29 Å². The first-order valence-electron chi connectivity index (χ1n) is 2.12. The minimum Gasteiger partial charge on any atom is -0.358 e. The molecular formula is C5H4BrNO. The van der Waals surface area contributed by atoms with Crippen LogP contribution in [0.5, 0.6) is 0 Å². The van der Waals surface area contributed by atoms with E-state index in [1.54, 1.807) is 12.3 Å². The van der Waals surface area contributed by atoms with Crippen molar-refractivity contribution in [2.45, 2.75) is 0 Å². The highest BCUT2D eigenvalue weighted by molar-refractivity contribution is 9.10. The van der Waals surface area contributed by atoms with Gasteiger partial charge in [-0.1, -0.05) is 0 Å². The molecule has 1 aromatic heterocycles. The molecule has 42 valence electrons. The van der Waals surface area contributed by atoms with Crippen molar-refractivity contribution in [2.24, 2.45) is 0 Å². The van der Waals surface area contributed by atoms with E-state index in [0.29, 0.717) is 5.69 Å². The number of H-pyrrole nitrogens is 1. The molecule has 0 unspecified atom stereocenters. The van der Waals surface area contributed by atoms with Gasteiger partial charge in [-0.25, -0.2) is 0 Å². The predicted octanol–water partition coefficient (Wildman–Crippen LogP) is 1.59. The van der Waals surface area contributed by atoms with Gasteiger partial charge in [0.05, 0.1) is 5.69 Å². The predicted molar refractivity (Wildman–Crippen MR) is 33.9 cm³/mol. The summed E-state index contributed by atoms with van der Waals surface area (Å²) in [5.41, 5.74) is 0.588. The minimum absolute atomic E-state index is 0.588. The molecule has 1 N–H and O–H groups in total. The Hall–Kier alpha value is -0.570. The van der Waals surface area contributed by atoms with Gasteiger partial charge in [-0.2, -0.15) is 0 Å². The normalized spacial score (nSPS) is 9.12. The number of halogens is 1. The lowest BCUT2D eigenvalue weighted by Crippen LogP contribution is -1.75. The zero-order valence-corrected chi connectivity index (χ0v) is 5.60. The lowest BCUT2D eigenvalue weighted by Gasteiger charge is -1.78. The molecule has 1 heterocycles. The van der Waals surface area contributed by atoms with Crippen LogP contribution in [0.1, 0.15) is 10.5 Å². The molecule has 0 fully saturated rings. The average molecular weight is 174 g/mol. The summed E-state index contributed by atoms with van der Waals surface area (Å²) in [6.07, 6.45) is 2.47. The van der Waals surface area contributed by atoms with E-state index >= 15 is 0 Å². The number of carbonyl (C=O) groups excluding carboxylic acids is 1. The van der Waals surface area contributed by atoms with Crippen molar-refractivity contribution in [1.29, 1.82) is 0 Å². The molecule has 0 aromatic carbocycles. The van der Waals surface area contributed by atoms with Crippen LogP contribution in [0.2, 0.25) is 0 Å². The Balaban J connectivity index is 3.09. The first-order valence-corrected chi connectivity index (χ1v) is 2.92. The molecule has 0 saturated carbocycles. The molecule has 0 aliphatic rings. The highest BCUT2D eigenvalue weighted by Crippen LogP contribution is 2.11. The Morgan fingerprint density at radius 1 is 1.75 bits per heavy atom. The number of carbonyl (C=O) groups is 1. The monoisotopic (exact) mass is 173 g/mol. The van der Waals surface area contributed by atoms with Gasteiger partial charge in [0.1, 0.15) is 0 Å². The third kappa shape index (κ3) is 0.816. The van der Waals surface area contributed by atoms with Crippen molar-refractivity contribution in [3.8, 4) is 0 Å². The third-order valence-corrected chi connectivity index (χ3v) is 1.54. The van der Waals surface area contributed by atoms with Crippen LogP contribution in [0, 0.1) is 0 Å². The van der Waals surface area contributed by atoms with Gasteiger partial charge in [-0.15, -0.1) is 0 Å². The van der Waals surface area contributed by atoms with E-state index in [4.69, 9.17) is 0 Å². The van der Waals surface area contributed by atoms with Crippen molar-refractivity contribution in [2.75, 3.05) is 0 Å². The summed E-state index contributed by atoms with van der Waals surface area (Å²) < 4.78 is 0.813. The molecule has 2 nitrogen and oxygen atoms in total. The van der Waals surface area contributed by atoms with E-state index in [1.807, 2.05) is 0 Å². The van der Waals surface area contributed by atoms with Gasteiger partial charge in [0.25, 0.3) is 0 Å². The van der Waals surface area contributed by atoms with E-state index in [2.05, 4.69) is 20.9 Å². The van der Waals surface area contributed by atoms with Gasteiger partial charge in [-0.3, -0.25) is 4.79 Å². The van der Waals surface area contributed by atoms with E-state index in [-0.39, 0.29) is 0 Å². The maximum Gasteiger partial charge on any atom is 0.167 e. The van der Waals surface area contributed by atoms with Gasteiger partial charge in [0, 0.05) is 10.7 Å². The zero-order valence-electron chi connectivity index (χ0n) is 4.02. The number of aldehydes is 1. The summed E-state index contributed by atoms with van der Waals surface area (Å²) >= 11 is 3.16. The molecule has 0 aliphatic heterocycles. The van der Waals surface area contributed by atoms with E-state index in [1.165, 1.54) is 0 Å². The van der Waals surface area contributed by atoms with Crippen molar-refractivity contribution >= 4 is 22.2 Å². The average Bonchev–Trinajstić information content (AvgIpc) is 2.14. The fraction of sp³-hybridized carbons (Fsp3) is 0. The molecule has 0 atom stereocenters. The first kappa shape index (κ1) is 5.56. The Morgan fingerprint density at radius 2 is 2.50 bits per heavy atom. The van der Waals surface area contributed by atoms with Crippen molar-refractivity contribution in [3.63, 3.8) is 0 Å². The fourth-order valence-corrected chi connectivity index (χ4v) is 0.794. The number of nitrogens with one attached hydrogen (secondary N) is 1. The van der Waals surface area contributed by atoms with Crippen molar-refractivity contribution in [3.05, 3.63) is 22.4 Å². The lowest BCUT2D eigenvalue weighted by molar-refractivity contribution is 0.111. The summed E-state index contributed by atoms with van der Waals surface area (Å²) in [5, 5.41) is 0. The van der Waals surface area contributed by atoms with E-state index in [0.717, 1.165) is 10.8 Å². The molecule has 1 aromatic rings. The van der Waals surface area contributed by atoms with Crippen LogP contribution < -0.4 is 0 Å². The highest BCUT2D eigenvalue weighted by Gasteiger charge is 1.94. The SMILES string of the molecule is O=Cc1[nH]ccc1Br. The van der Waals surface area contributed by atoms with Crippen LogP contribution in [-0.2, 0) is 0 Å². The molecule has 8 heavy (non-hydrogen) atoms. The summed E-state index contributed by atoms with van der Waals surface area (Å²) in [6, 6.07) is 1.78. The van der Waals surface area contributed by atoms with Crippen molar-refractivity contribution < 1.29 is 4.79 Å². The number of aromatic nitrogens is 1. The molecule has 3 heteroatoms. The second kappa shape index (κ2) is 2.13. The van der Waals surface area contributed by atoms with Crippen LogP contribution in [-0.4, -0.2) is 11.3 Å². The van der Waals surface area contributed by atoms with Crippen LogP contribution in [0.3, 0.4) is 0 Å². The number of aromatic amines is 1. The summed E-state index contributed by atoms with van der Waals surface area (Å²) in [5.74, 6) is 0. The smallest absolute Gasteiger partial charge is 0.167 e. The summed E-state index contributed by atoms with van der Waals surface area (Å²) in [7, 11) is 0. The van der Waals surface area contributed by atoms with E-state index in [9.17, 15) is 4.79 Å². The Bertz CT molecular complexity index is 194. The van der Waals surface area contributed by atoms with Gasteiger partial charge >= 0.3 is 0 Å².